The SMILES string of the molecule is C[NH+](C)CC[NH2+]CC(=O)N1CCCCC1. The highest BCUT2D eigenvalue weighted by molar-refractivity contribution is 5.77. The Bertz CT molecular complexity index is 188. The summed E-state index contributed by atoms with van der Waals surface area (Å²) in [6, 6.07) is 0. The van der Waals surface area contributed by atoms with Gasteiger partial charge in [-0.1, -0.05) is 0 Å². The average molecular weight is 215 g/mol. The molecular weight excluding hydrogens is 190 g/mol. The second-order valence-electron chi connectivity index (χ2n) is 4.68. The number of carbonyl (C=O) groups is 1. The van der Waals surface area contributed by atoms with Crippen LogP contribution in [0.4, 0.5) is 0 Å². The minimum Gasteiger partial charge on any atom is -0.338 e. The zero-order valence-electron chi connectivity index (χ0n) is 10.1. The van der Waals surface area contributed by atoms with Gasteiger partial charge in [0.1, 0.15) is 13.1 Å². The molecule has 1 fully saturated rings. The molecule has 0 aliphatic carbocycles. The van der Waals surface area contributed by atoms with Gasteiger partial charge in [-0.05, 0) is 19.3 Å². The fourth-order valence-corrected chi connectivity index (χ4v) is 1.89. The standard InChI is InChI=1S/C11H23N3O/c1-13(2)9-6-12-10-11(15)14-7-4-3-5-8-14/h12H,3-10H2,1-2H3/p+2. The van der Waals surface area contributed by atoms with Gasteiger partial charge in [0.05, 0.1) is 14.1 Å². The molecule has 0 spiro atoms. The van der Waals surface area contributed by atoms with E-state index in [0.717, 1.165) is 26.2 Å². The highest BCUT2D eigenvalue weighted by Crippen LogP contribution is 2.07. The van der Waals surface area contributed by atoms with Crippen LogP contribution in [0.2, 0.25) is 0 Å². The van der Waals surface area contributed by atoms with Crippen molar-refractivity contribution in [3.8, 4) is 0 Å². The zero-order valence-corrected chi connectivity index (χ0v) is 10.1. The average Bonchev–Trinajstić information content (AvgIpc) is 2.25. The van der Waals surface area contributed by atoms with Gasteiger partial charge < -0.3 is 15.1 Å². The van der Waals surface area contributed by atoms with Gasteiger partial charge in [-0.3, -0.25) is 4.79 Å². The summed E-state index contributed by atoms with van der Waals surface area (Å²) < 4.78 is 0. The predicted molar refractivity (Wildman–Crippen MR) is 59.8 cm³/mol. The minimum atomic E-state index is 0.323. The van der Waals surface area contributed by atoms with Crippen LogP contribution in [-0.4, -0.2) is 57.6 Å². The Morgan fingerprint density at radius 2 is 1.93 bits per heavy atom. The molecular formula is C11H25N3O+2. The van der Waals surface area contributed by atoms with Crippen molar-refractivity contribution in [2.75, 3.05) is 46.8 Å². The van der Waals surface area contributed by atoms with Crippen molar-refractivity contribution >= 4 is 5.91 Å². The Morgan fingerprint density at radius 1 is 1.27 bits per heavy atom. The first-order valence-electron chi connectivity index (χ1n) is 6.08. The Morgan fingerprint density at radius 3 is 2.53 bits per heavy atom. The molecule has 0 aromatic heterocycles. The van der Waals surface area contributed by atoms with E-state index in [2.05, 4.69) is 19.4 Å². The molecule has 0 aromatic rings. The summed E-state index contributed by atoms with van der Waals surface area (Å²) in [5, 5.41) is 2.13. The van der Waals surface area contributed by atoms with E-state index in [1.54, 1.807) is 0 Å². The normalized spacial score (nSPS) is 17.1. The van der Waals surface area contributed by atoms with E-state index < -0.39 is 0 Å². The number of likely N-dealkylation sites (tertiary alicyclic amines) is 1. The van der Waals surface area contributed by atoms with Crippen LogP contribution in [0.3, 0.4) is 0 Å². The number of nitrogens with one attached hydrogen (secondary N) is 1. The first kappa shape index (κ1) is 12.5. The van der Waals surface area contributed by atoms with E-state index >= 15 is 0 Å². The number of hydrogen-bond donors (Lipinski definition) is 2. The van der Waals surface area contributed by atoms with Crippen LogP contribution in [-0.2, 0) is 4.79 Å². The number of likely N-dealkylation sites (N-methyl/N-ethyl adjacent to an activating group) is 1. The van der Waals surface area contributed by atoms with E-state index in [1.165, 1.54) is 24.2 Å². The summed E-state index contributed by atoms with van der Waals surface area (Å²) in [4.78, 5) is 15.2. The van der Waals surface area contributed by atoms with Crippen molar-refractivity contribution in [1.82, 2.24) is 4.90 Å². The lowest BCUT2D eigenvalue weighted by Gasteiger charge is -2.25. The molecule has 0 atom stereocenters. The summed E-state index contributed by atoms with van der Waals surface area (Å²) in [6.45, 7) is 4.75. The minimum absolute atomic E-state index is 0.323. The van der Waals surface area contributed by atoms with Crippen LogP contribution in [0.15, 0.2) is 0 Å². The number of piperidine rings is 1. The molecule has 4 nitrogen and oxygen atoms in total. The Labute approximate surface area is 92.6 Å². The maximum Gasteiger partial charge on any atom is 0.277 e. The first-order valence-corrected chi connectivity index (χ1v) is 6.08. The number of hydrogen-bond acceptors (Lipinski definition) is 1. The molecule has 1 amide bonds. The number of rotatable bonds is 5. The van der Waals surface area contributed by atoms with Gasteiger partial charge in [0.2, 0.25) is 0 Å². The fourth-order valence-electron chi connectivity index (χ4n) is 1.89. The van der Waals surface area contributed by atoms with Crippen LogP contribution in [0.25, 0.3) is 0 Å². The molecule has 3 N–H and O–H groups in total. The van der Waals surface area contributed by atoms with Crippen molar-refractivity contribution in [2.24, 2.45) is 0 Å². The lowest BCUT2D eigenvalue weighted by molar-refractivity contribution is -0.873. The molecule has 0 unspecified atom stereocenters. The van der Waals surface area contributed by atoms with Crippen LogP contribution >= 0.6 is 0 Å². The van der Waals surface area contributed by atoms with Gasteiger partial charge in [0.15, 0.2) is 6.54 Å². The number of quaternary nitrogens is 2. The molecule has 1 heterocycles. The van der Waals surface area contributed by atoms with Crippen LogP contribution in [0.1, 0.15) is 19.3 Å². The lowest BCUT2D eigenvalue weighted by Crippen LogP contribution is -3.09. The van der Waals surface area contributed by atoms with Crippen molar-refractivity contribution in [2.45, 2.75) is 19.3 Å². The summed E-state index contributed by atoms with van der Waals surface area (Å²) in [6.07, 6.45) is 3.67. The molecule has 1 aliphatic rings. The highest BCUT2D eigenvalue weighted by atomic mass is 16.2. The van der Waals surface area contributed by atoms with Crippen molar-refractivity contribution in [3.05, 3.63) is 0 Å². The van der Waals surface area contributed by atoms with Crippen LogP contribution < -0.4 is 10.2 Å². The van der Waals surface area contributed by atoms with Crippen LogP contribution in [0.5, 0.6) is 0 Å². The quantitative estimate of drug-likeness (QED) is 0.498. The lowest BCUT2D eigenvalue weighted by atomic mass is 10.1. The van der Waals surface area contributed by atoms with Gasteiger partial charge in [0.25, 0.3) is 5.91 Å². The van der Waals surface area contributed by atoms with Crippen molar-refractivity contribution in [1.29, 1.82) is 0 Å². The summed E-state index contributed by atoms with van der Waals surface area (Å²) >= 11 is 0. The summed E-state index contributed by atoms with van der Waals surface area (Å²) in [7, 11) is 4.28. The van der Waals surface area contributed by atoms with E-state index in [1.807, 2.05) is 4.90 Å². The molecule has 88 valence electrons. The molecule has 0 radical (unpaired) electrons. The Balaban J connectivity index is 2.07. The third-order valence-corrected chi connectivity index (χ3v) is 2.88. The summed E-state index contributed by atoms with van der Waals surface area (Å²) in [5.41, 5.74) is 0. The largest absolute Gasteiger partial charge is 0.338 e. The molecule has 1 saturated heterocycles. The molecule has 15 heavy (non-hydrogen) atoms. The predicted octanol–water partition coefficient (Wildman–Crippen LogP) is -2.29. The zero-order chi connectivity index (χ0) is 11.1. The van der Waals surface area contributed by atoms with Gasteiger partial charge in [-0.25, -0.2) is 0 Å². The van der Waals surface area contributed by atoms with Crippen molar-refractivity contribution < 1.29 is 15.0 Å². The highest BCUT2D eigenvalue weighted by Gasteiger charge is 2.17. The van der Waals surface area contributed by atoms with Gasteiger partial charge in [0, 0.05) is 13.1 Å². The molecule has 0 bridgehead atoms. The smallest absolute Gasteiger partial charge is 0.277 e. The molecule has 0 aromatic carbocycles. The topological polar surface area (TPSA) is 41.4 Å². The van der Waals surface area contributed by atoms with Gasteiger partial charge in [-0.15, -0.1) is 0 Å². The second-order valence-corrected chi connectivity index (χ2v) is 4.68. The van der Waals surface area contributed by atoms with Crippen LogP contribution in [0, 0.1) is 0 Å². The first-order chi connectivity index (χ1) is 7.20. The monoisotopic (exact) mass is 215 g/mol. The number of carbonyl (C=O) groups excluding carboxylic acids is 1. The fraction of sp³-hybridized carbons (Fsp3) is 0.909. The van der Waals surface area contributed by atoms with E-state index in [0.29, 0.717) is 12.5 Å². The van der Waals surface area contributed by atoms with E-state index in [9.17, 15) is 4.79 Å². The number of amides is 1. The van der Waals surface area contributed by atoms with Crippen molar-refractivity contribution in [3.63, 3.8) is 0 Å². The van der Waals surface area contributed by atoms with E-state index in [4.69, 9.17) is 0 Å². The Hall–Kier alpha value is -0.610. The molecule has 0 saturated carbocycles. The maximum absolute atomic E-state index is 11.7. The number of nitrogens with two attached hydrogens (primary N) is 1. The Kier molecular flexibility index (Phi) is 5.65. The third-order valence-electron chi connectivity index (χ3n) is 2.88. The summed E-state index contributed by atoms with van der Waals surface area (Å²) in [5.74, 6) is 0.323. The molecule has 4 heteroatoms. The third kappa shape index (κ3) is 5.14. The van der Waals surface area contributed by atoms with E-state index in [-0.39, 0.29) is 0 Å². The second kappa shape index (κ2) is 6.80. The molecule has 1 rings (SSSR count). The van der Waals surface area contributed by atoms with Gasteiger partial charge >= 0.3 is 0 Å². The van der Waals surface area contributed by atoms with Gasteiger partial charge in [-0.2, -0.15) is 0 Å². The maximum atomic E-state index is 11.7. The molecule has 1 aliphatic heterocycles. The number of nitrogens with zero attached hydrogens (tertiary/aromatic N) is 1.